The van der Waals surface area contributed by atoms with Crippen molar-refractivity contribution in [3.8, 4) is 11.5 Å². The largest absolute Gasteiger partial charge is 0.486 e. The van der Waals surface area contributed by atoms with E-state index >= 15 is 0 Å². The zero-order chi connectivity index (χ0) is 16.3. The summed E-state index contributed by atoms with van der Waals surface area (Å²) in [6.07, 6.45) is 0. The predicted molar refractivity (Wildman–Crippen MR) is 94.5 cm³/mol. The number of amides is 1. The summed E-state index contributed by atoms with van der Waals surface area (Å²) in [7, 11) is 0. The Balaban J connectivity index is 0.00000208. The first kappa shape index (κ1) is 18.1. The van der Waals surface area contributed by atoms with Gasteiger partial charge in [-0.15, -0.1) is 12.4 Å². The van der Waals surface area contributed by atoms with E-state index in [1.807, 2.05) is 48.5 Å². The van der Waals surface area contributed by atoms with Crippen molar-refractivity contribution in [2.45, 2.75) is 19.0 Å². The van der Waals surface area contributed by atoms with Crippen molar-refractivity contribution in [3.63, 3.8) is 0 Å². The van der Waals surface area contributed by atoms with E-state index in [2.05, 4.69) is 5.32 Å². The molecule has 0 radical (unpaired) electrons. The number of nitrogens with one attached hydrogen (secondary N) is 1. The minimum absolute atomic E-state index is 0. The normalized spacial score (nSPS) is 14.9. The van der Waals surface area contributed by atoms with E-state index in [9.17, 15) is 4.79 Å². The van der Waals surface area contributed by atoms with E-state index in [1.165, 1.54) is 0 Å². The summed E-state index contributed by atoms with van der Waals surface area (Å²) in [6.45, 7) is 3.19. The monoisotopic (exact) mass is 348 g/mol. The van der Waals surface area contributed by atoms with Crippen LogP contribution in [0.25, 0.3) is 0 Å². The molecule has 1 aliphatic rings. The summed E-state index contributed by atoms with van der Waals surface area (Å²) in [4.78, 5) is 12.4. The summed E-state index contributed by atoms with van der Waals surface area (Å²) in [5, 5.41) is 2.88. The summed E-state index contributed by atoms with van der Waals surface area (Å²) in [6, 6.07) is 15.0. The molecule has 1 atom stereocenters. The van der Waals surface area contributed by atoms with Crippen molar-refractivity contribution in [2.24, 2.45) is 5.73 Å². The van der Waals surface area contributed by atoms with Crippen molar-refractivity contribution < 1.29 is 14.3 Å². The van der Waals surface area contributed by atoms with Gasteiger partial charge in [-0.25, -0.2) is 0 Å². The van der Waals surface area contributed by atoms with Crippen LogP contribution in [0.1, 0.15) is 18.1 Å². The van der Waals surface area contributed by atoms with Gasteiger partial charge in [0.2, 0.25) is 5.91 Å². The Morgan fingerprint density at radius 3 is 2.50 bits per heavy atom. The molecule has 1 amide bonds. The maximum atomic E-state index is 12.4. The maximum Gasteiger partial charge on any atom is 0.244 e. The van der Waals surface area contributed by atoms with E-state index in [0.717, 1.165) is 16.9 Å². The average molecular weight is 349 g/mol. The Morgan fingerprint density at radius 2 is 1.79 bits per heavy atom. The fourth-order valence-corrected chi connectivity index (χ4v) is 2.48. The lowest BCUT2D eigenvalue weighted by molar-refractivity contribution is -0.126. The van der Waals surface area contributed by atoms with E-state index in [4.69, 9.17) is 15.2 Å². The third-order valence-electron chi connectivity index (χ3n) is 3.90. The Labute approximate surface area is 147 Å². The van der Waals surface area contributed by atoms with Crippen molar-refractivity contribution in [2.75, 3.05) is 13.2 Å². The molecule has 3 rings (SSSR count). The molecule has 0 bridgehead atoms. The molecule has 6 heteroatoms. The molecule has 2 aromatic rings. The average Bonchev–Trinajstić information content (AvgIpc) is 2.60. The highest BCUT2D eigenvalue weighted by atomic mass is 35.5. The van der Waals surface area contributed by atoms with Crippen molar-refractivity contribution in [1.29, 1.82) is 0 Å². The molecule has 1 unspecified atom stereocenters. The van der Waals surface area contributed by atoms with Crippen LogP contribution in [0.15, 0.2) is 48.5 Å². The van der Waals surface area contributed by atoms with E-state index in [0.29, 0.717) is 25.5 Å². The third kappa shape index (κ3) is 3.80. The topological polar surface area (TPSA) is 73.6 Å². The Morgan fingerprint density at radius 1 is 1.12 bits per heavy atom. The second kappa shape index (κ2) is 7.55. The number of carbonyl (C=O) groups excluding carboxylic acids is 1. The number of rotatable bonds is 4. The molecule has 0 fully saturated rings. The lowest BCUT2D eigenvalue weighted by Gasteiger charge is -2.24. The summed E-state index contributed by atoms with van der Waals surface area (Å²) in [5.74, 6) is 1.22. The molecule has 24 heavy (non-hydrogen) atoms. The van der Waals surface area contributed by atoms with Crippen LogP contribution in [0, 0.1) is 0 Å². The standard InChI is InChI=1S/C18H20N2O3.ClH/c1-18(19,14-5-3-2-4-6-14)17(21)20-12-13-7-8-15-16(11-13)23-10-9-22-15;/h2-8,11H,9-10,12,19H2,1H3,(H,20,21);1H. The number of halogens is 1. The Bertz CT molecular complexity index is 705. The van der Waals surface area contributed by atoms with Crippen molar-refractivity contribution in [3.05, 3.63) is 59.7 Å². The molecule has 0 saturated heterocycles. The highest BCUT2D eigenvalue weighted by Gasteiger charge is 2.30. The number of hydrogen-bond donors (Lipinski definition) is 2. The molecule has 1 aliphatic heterocycles. The van der Waals surface area contributed by atoms with Gasteiger partial charge >= 0.3 is 0 Å². The van der Waals surface area contributed by atoms with Gasteiger partial charge in [0.25, 0.3) is 0 Å². The van der Waals surface area contributed by atoms with Crippen LogP contribution in [0.4, 0.5) is 0 Å². The summed E-state index contributed by atoms with van der Waals surface area (Å²) < 4.78 is 11.0. The van der Waals surface area contributed by atoms with Gasteiger partial charge in [-0.2, -0.15) is 0 Å². The second-order valence-electron chi connectivity index (χ2n) is 5.73. The SMILES string of the molecule is CC(N)(C(=O)NCc1ccc2c(c1)OCCO2)c1ccccc1.Cl. The molecule has 0 aromatic heterocycles. The van der Waals surface area contributed by atoms with Crippen LogP contribution in [0.5, 0.6) is 11.5 Å². The number of benzene rings is 2. The first-order valence-electron chi connectivity index (χ1n) is 7.58. The predicted octanol–water partition coefficient (Wildman–Crippen LogP) is 2.37. The van der Waals surface area contributed by atoms with Gasteiger partial charge in [0, 0.05) is 6.54 Å². The van der Waals surface area contributed by atoms with Gasteiger partial charge in [-0.05, 0) is 30.2 Å². The maximum absolute atomic E-state index is 12.4. The summed E-state index contributed by atoms with van der Waals surface area (Å²) >= 11 is 0. The first-order valence-corrected chi connectivity index (χ1v) is 7.58. The van der Waals surface area contributed by atoms with E-state index in [1.54, 1.807) is 6.92 Å². The van der Waals surface area contributed by atoms with E-state index in [-0.39, 0.29) is 18.3 Å². The lowest BCUT2D eigenvalue weighted by Crippen LogP contribution is -2.48. The summed E-state index contributed by atoms with van der Waals surface area (Å²) in [5.41, 5.74) is 6.84. The molecule has 3 N–H and O–H groups in total. The first-order chi connectivity index (χ1) is 11.1. The van der Waals surface area contributed by atoms with Crippen LogP contribution in [0.2, 0.25) is 0 Å². The molecule has 0 spiro atoms. The molecular weight excluding hydrogens is 328 g/mol. The number of nitrogens with two attached hydrogens (primary N) is 1. The van der Waals surface area contributed by atoms with Crippen LogP contribution in [-0.4, -0.2) is 19.1 Å². The van der Waals surface area contributed by atoms with Gasteiger partial charge in [-0.3, -0.25) is 4.79 Å². The minimum Gasteiger partial charge on any atom is -0.486 e. The number of fused-ring (bicyclic) bond motifs is 1. The van der Waals surface area contributed by atoms with Gasteiger partial charge in [0.05, 0.1) is 0 Å². The van der Waals surface area contributed by atoms with Gasteiger partial charge in [-0.1, -0.05) is 36.4 Å². The van der Waals surface area contributed by atoms with Crippen LogP contribution in [-0.2, 0) is 16.9 Å². The number of ether oxygens (including phenoxy) is 2. The molecule has 1 heterocycles. The zero-order valence-electron chi connectivity index (χ0n) is 13.5. The molecule has 0 saturated carbocycles. The third-order valence-corrected chi connectivity index (χ3v) is 3.90. The van der Waals surface area contributed by atoms with Crippen molar-refractivity contribution in [1.82, 2.24) is 5.32 Å². The minimum atomic E-state index is -1.07. The fraction of sp³-hybridized carbons (Fsp3) is 0.278. The van der Waals surface area contributed by atoms with Crippen LogP contribution < -0.4 is 20.5 Å². The van der Waals surface area contributed by atoms with Crippen LogP contribution in [0.3, 0.4) is 0 Å². The number of carbonyl (C=O) groups is 1. The second-order valence-corrected chi connectivity index (χ2v) is 5.73. The van der Waals surface area contributed by atoms with Crippen LogP contribution >= 0.6 is 12.4 Å². The van der Waals surface area contributed by atoms with Gasteiger partial charge < -0.3 is 20.5 Å². The molecule has 2 aromatic carbocycles. The molecule has 0 aliphatic carbocycles. The fourth-order valence-electron chi connectivity index (χ4n) is 2.48. The smallest absolute Gasteiger partial charge is 0.244 e. The Kier molecular flexibility index (Phi) is 5.70. The molecular formula is C18H21ClN2O3. The molecule has 5 nitrogen and oxygen atoms in total. The highest BCUT2D eigenvalue weighted by Crippen LogP contribution is 2.30. The van der Waals surface area contributed by atoms with Gasteiger partial charge in [0.15, 0.2) is 11.5 Å². The lowest BCUT2D eigenvalue weighted by atomic mass is 9.92. The Hall–Kier alpha value is -2.24. The van der Waals surface area contributed by atoms with Gasteiger partial charge in [0.1, 0.15) is 18.8 Å². The number of hydrogen-bond acceptors (Lipinski definition) is 4. The highest BCUT2D eigenvalue weighted by molar-refractivity contribution is 5.87. The quantitative estimate of drug-likeness (QED) is 0.889. The molecule has 128 valence electrons. The van der Waals surface area contributed by atoms with Crippen molar-refractivity contribution >= 4 is 18.3 Å². The zero-order valence-corrected chi connectivity index (χ0v) is 14.3. The van der Waals surface area contributed by atoms with E-state index < -0.39 is 5.54 Å².